The predicted molar refractivity (Wildman–Crippen MR) is 267 cm³/mol. The summed E-state index contributed by atoms with van der Waals surface area (Å²) < 4.78 is 14.0. The molecule has 4 atom stereocenters. The van der Waals surface area contributed by atoms with Gasteiger partial charge in [0.25, 0.3) is 0 Å². The summed E-state index contributed by atoms with van der Waals surface area (Å²) in [5.41, 5.74) is 16.1. The summed E-state index contributed by atoms with van der Waals surface area (Å²) in [7, 11) is 0. The van der Waals surface area contributed by atoms with Gasteiger partial charge in [-0.25, -0.2) is 0 Å². The molecular formula is C61H51NO2. The zero-order valence-electron chi connectivity index (χ0n) is 36.5. The first-order valence-electron chi connectivity index (χ1n) is 22.8. The SMILES string of the molecule is C=CC1=C(/C(=C\C)c2ccccc2)OC2C1=CC=CCC2c1cc(-c2ccc3ccccc3c2)cc(N(c2ccc(-c3ccccc3)cc2)c2ccc3c(c2)OC2CC(C)CC=C32)c1. The lowest BCUT2D eigenvalue weighted by molar-refractivity contribution is 0.153. The molecule has 0 bridgehead atoms. The van der Waals surface area contributed by atoms with Gasteiger partial charge in [-0.15, -0.1) is 0 Å². The number of hydrogen-bond acceptors (Lipinski definition) is 3. The Kier molecular flexibility index (Phi) is 10.3. The summed E-state index contributed by atoms with van der Waals surface area (Å²) in [4.78, 5) is 2.41. The molecule has 11 rings (SSSR count). The Labute approximate surface area is 377 Å². The number of benzene rings is 7. The van der Waals surface area contributed by atoms with E-state index in [2.05, 4.69) is 219 Å². The van der Waals surface area contributed by atoms with Crippen LogP contribution < -0.4 is 9.64 Å². The number of nitrogens with zero attached hydrogens (tertiary/aromatic N) is 1. The molecule has 2 aliphatic heterocycles. The monoisotopic (exact) mass is 829 g/mol. The van der Waals surface area contributed by atoms with E-state index in [4.69, 9.17) is 9.47 Å². The van der Waals surface area contributed by atoms with E-state index in [0.717, 1.165) is 75.7 Å². The van der Waals surface area contributed by atoms with Gasteiger partial charge >= 0.3 is 0 Å². The highest BCUT2D eigenvalue weighted by atomic mass is 16.5. The second-order valence-electron chi connectivity index (χ2n) is 17.6. The summed E-state index contributed by atoms with van der Waals surface area (Å²) >= 11 is 0. The lowest BCUT2D eigenvalue weighted by Crippen LogP contribution is -2.21. The van der Waals surface area contributed by atoms with Gasteiger partial charge < -0.3 is 14.4 Å². The van der Waals surface area contributed by atoms with E-state index in [9.17, 15) is 0 Å². The average molecular weight is 830 g/mol. The molecule has 4 unspecified atom stereocenters. The second kappa shape index (κ2) is 16.7. The van der Waals surface area contributed by atoms with Crippen LogP contribution in [0.3, 0.4) is 0 Å². The maximum Gasteiger partial charge on any atom is 0.135 e. The quantitative estimate of drug-likeness (QED) is 0.145. The van der Waals surface area contributed by atoms with Gasteiger partial charge in [0.15, 0.2) is 0 Å². The van der Waals surface area contributed by atoms with Crippen molar-refractivity contribution in [2.75, 3.05) is 4.90 Å². The van der Waals surface area contributed by atoms with Crippen LogP contribution in [0.25, 0.3) is 44.2 Å². The lowest BCUT2D eigenvalue weighted by atomic mass is 9.84. The first kappa shape index (κ1) is 39.5. The van der Waals surface area contributed by atoms with Crippen LogP contribution in [-0.2, 0) is 4.74 Å². The summed E-state index contributed by atoms with van der Waals surface area (Å²) in [6, 6.07) is 59.6. The van der Waals surface area contributed by atoms with Crippen LogP contribution in [0.1, 0.15) is 55.7 Å². The Morgan fingerprint density at radius 3 is 2.17 bits per heavy atom. The fraction of sp³-hybridized carbons (Fsp3) is 0.148. The standard InChI is InChI=1S/C61H51NO2/c1-4-52(44-19-10-7-11-20-44)60-53(5-2)57-23-15-14-22-54(61(57)64-60)48-36-47(46-26-25-42-18-12-13-21-45(42)35-46)37-51(38-48)62(49-29-27-43(28-30-49)41-16-8-6-9-17-41)50-31-33-56-55-32-24-40(3)34-58(55)63-59(56)39-50/h4-21,23,25-33,35-40,54,58,61H,2,22,24,34H2,1,3H3/b52-4-. The molecule has 0 N–H and O–H groups in total. The summed E-state index contributed by atoms with van der Waals surface area (Å²) in [6.07, 6.45) is 16.1. The van der Waals surface area contributed by atoms with Gasteiger partial charge in [0, 0.05) is 51.3 Å². The molecule has 7 aromatic carbocycles. The van der Waals surface area contributed by atoms with Crippen LogP contribution in [0, 0.1) is 5.92 Å². The molecule has 312 valence electrons. The predicted octanol–water partition coefficient (Wildman–Crippen LogP) is 16.1. The normalized spacial score (nSPS) is 20.0. The molecule has 0 saturated heterocycles. The fourth-order valence-electron chi connectivity index (χ4n) is 10.3. The Hall–Kier alpha value is -7.36. The van der Waals surface area contributed by atoms with Crippen LogP contribution in [-0.4, -0.2) is 12.2 Å². The van der Waals surface area contributed by atoms with Crippen molar-refractivity contribution in [2.45, 2.75) is 51.2 Å². The maximum absolute atomic E-state index is 7.25. The number of anilines is 3. The van der Waals surface area contributed by atoms with Crippen molar-refractivity contribution in [3.05, 3.63) is 240 Å². The van der Waals surface area contributed by atoms with E-state index in [1.54, 1.807) is 0 Å². The van der Waals surface area contributed by atoms with Crippen molar-refractivity contribution in [2.24, 2.45) is 5.92 Å². The smallest absolute Gasteiger partial charge is 0.135 e. The highest BCUT2D eigenvalue weighted by molar-refractivity contribution is 5.90. The van der Waals surface area contributed by atoms with Crippen molar-refractivity contribution in [3.63, 3.8) is 0 Å². The largest absolute Gasteiger partial charge is 0.485 e. The Morgan fingerprint density at radius 2 is 1.38 bits per heavy atom. The number of fused-ring (bicyclic) bond motifs is 5. The zero-order valence-corrected chi connectivity index (χ0v) is 36.5. The van der Waals surface area contributed by atoms with Crippen LogP contribution >= 0.6 is 0 Å². The average Bonchev–Trinajstić information content (AvgIpc) is 3.81. The van der Waals surface area contributed by atoms with E-state index in [0.29, 0.717) is 5.92 Å². The van der Waals surface area contributed by atoms with E-state index >= 15 is 0 Å². The van der Waals surface area contributed by atoms with Crippen LogP contribution in [0.4, 0.5) is 17.1 Å². The number of allylic oxidation sites excluding steroid dienone is 7. The van der Waals surface area contributed by atoms with Crippen molar-refractivity contribution < 1.29 is 9.47 Å². The molecule has 7 aromatic rings. The third kappa shape index (κ3) is 7.21. The molecule has 2 aliphatic carbocycles. The highest BCUT2D eigenvalue weighted by Gasteiger charge is 2.39. The van der Waals surface area contributed by atoms with E-state index in [1.165, 1.54) is 44.2 Å². The number of rotatable bonds is 9. The van der Waals surface area contributed by atoms with Crippen LogP contribution in [0.2, 0.25) is 0 Å². The number of hydrogen-bond donors (Lipinski definition) is 0. The molecule has 2 heterocycles. The Bertz CT molecular complexity index is 3080. The minimum absolute atomic E-state index is 0.00759. The second-order valence-corrected chi connectivity index (χ2v) is 17.6. The Morgan fingerprint density at radius 1 is 0.641 bits per heavy atom. The lowest BCUT2D eigenvalue weighted by Gasteiger charge is -2.30. The highest BCUT2D eigenvalue weighted by Crippen LogP contribution is 2.50. The minimum Gasteiger partial charge on any atom is -0.485 e. The number of ether oxygens (including phenoxy) is 2. The third-order valence-electron chi connectivity index (χ3n) is 13.5. The van der Waals surface area contributed by atoms with Crippen molar-refractivity contribution in [1.82, 2.24) is 0 Å². The molecule has 0 saturated carbocycles. The molecule has 64 heavy (non-hydrogen) atoms. The molecule has 0 fully saturated rings. The van der Waals surface area contributed by atoms with Gasteiger partial charge in [-0.05, 0) is 124 Å². The molecule has 0 spiro atoms. The van der Waals surface area contributed by atoms with Crippen molar-refractivity contribution in [3.8, 4) is 28.0 Å². The van der Waals surface area contributed by atoms with Gasteiger partial charge in [-0.1, -0.05) is 165 Å². The van der Waals surface area contributed by atoms with Gasteiger partial charge in [0.05, 0.1) is 0 Å². The summed E-state index contributed by atoms with van der Waals surface area (Å²) in [5, 5.41) is 2.44. The molecule has 3 nitrogen and oxygen atoms in total. The van der Waals surface area contributed by atoms with E-state index in [1.807, 2.05) is 6.08 Å². The zero-order chi connectivity index (χ0) is 43.1. The van der Waals surface area contributed by atoms with E-state index in [-0.39, 0.29) is 18.1 Å². The summed E-state index contributed by atoms with van der Waals surface area (Å²) in [6.45, 7) is 8.75. The molecule has 0 aromatic heterocycles. The van der Waals surface area contributed by atoms with Gasteiger partial charge in [0.1, 0.15) is 23.7 Å². The summed E-state index contributed by atoms with van der Waals surface area (Å²) in [5.74, 6) is 2.45. The first-order chi connectivity index (χ1) is 31.5. The maximum atomic E-state index is 7.25. The molecule has 0 amide bonds. The Balaban J connectivity index is 1.08. The van der Waals surface area contributed by atoms with Gasteiger partial charge in [0.2, 0.25) is 0 Å². The van der Waals surface area contributed by atoms with Crippen molar-refractivity contribution >= 4 is 39.0 Å². The van der Waals surface area contributed by atoms with Gasteiger partial charge in [-0.3, -0.25) is 0 Å². The fourth-order valence-corrected chi connectivity index (χ4v) is 10.3. The minimum atomic E-state index is -0.220. The van der Waals surface area contributed by atoms with Crippen LogP contribution in [0.15, 0.2) is 224 Å². The first-order valence-corrected chi connectivity index (χ1v) is 22.8. The van der Waals surface area contributed by atoms with Crippen LogP contribution in [0.5, 0.6) is 5.75 Å². The topological polar surface area (TPSA) is 21.7 Å². The van der Waals surface area contributed by atoms with Crippen molar-refractivity contribution in [1.29, 1.82) is 0 Å². The molecule has 0 radical (unpaired) electrons. The molecular weight excluding hydrogens is 779 g/mol. The third-order valence-corrected chi connectivity index (χ3v) is 13.5. The van der Waals surface area contributed by atoms with Gasteiger partial charge in [-0.2, -0.15) is 0 Å². The molecule has 4 aliphatic rings. The molecule has 3 heteroatoms. The van der Waals surface area contributed by atoms with E-state index < -0.39 is 0 Å².